The molecular formula is C22H31F2N7O. The van der Waals surface area contributed by atoms with Gasteiger partial charge in [0.05, 0.1) is 6.54 Å². The van der Waals surface area contributed by atoms with Crippen molar-refractivity contribution >= 4 is 11.9 Å². The molecule has 1 aliphatic heterocycles. The number of anilines is 1. The van der Waals surface area contributed by atoms with Gasteiger partial charge in [-0.15, -0.1) is 0 Å². The van der Waals surface area contributed by atoms with Gasteiger partial charge in [-0.1, -0.05) is 18.2 Å². The monoisotopic (exact) mass is 447 g/mol. The van der Waals surface area contributed by atoms with Gasteiger partial charge in [-0.05, 0) is 32.0 Å². The Hall–Kier alpha value is -3.01. The molecule has 0 bridgehead atoms. The summed E-state index contributed by atoms with van der Waals surface area (Å²) in [6.07, 6.45) is 4.51. The highest BCUT2D eigenvalue weighted by Gasteiger charge is 2.18. The molecule has 0 spiro atoms. The SMILES string of the molecule is CCNC(=NCc1ccccc1OC(F)F)NCCCN1CCN(c2ncccn2)CC1. The van der Waals surface area contributed by atoms with Gasteiger partial charge < -0.3 is 20.3 Å². The molecule has 1 aliphatic rings. The maximum Gasteiger partial charge on any atom is 0.387 e. The van der Waals surface area contributed by atoms with Crippen LogP contribution in [0.25, 0.3) is 0 Å². The molecule has 32 heavy (non-hydrogen) atoms. The normalized spacial score (nSPS) is 15.1. The first-order valence-corrected chi connectivity index (χ1v) is 10.9. The first kappa shape index (κ1) is 23.6. The van der Waals surface area contributed by atoms with E-state index in [-0.39, 0.29) is 12.3 Å². The highest BCUT2D eigenvalue weighted by molar-refractivity contribution is 5.79. The molecule has 2 heterocycles. The minimum Gasteiger partial charge on any atom is -0.434 e. The van der Waals surface area contributed by atoms with Crippen LogP contribution in [0.5, 0.6) is 5.75 Å². The summed E-state index contributed by atoms with van der Waals surface area (Å²) in [6.45, 7) is 5.65. The average Bonchev–Trinajstić information content (AvgIpc) is 2.81. The molecule has 3 rings (SSSR count). The predicted octanol–water partition coefficient (Wildman–Crippen LogP) is 2.35. The van der Waals surface area contributed by atoms with Crippen LogP contribution in [0.2, 0.25) is 0 Å². The number of benzene rings is 1. The zero-order valence-corrected chi connectivity index (χ0v) is 18.4. The largest absolute Gasteiger partial charge is 0.434 e. The fourth-order valence-corrected chi connectivity index (χ4v) is 3.49. The van der Waals surface area contributed by atoms with E-state index in [1.165, 1.54) is 6.07 Å². The molecule has 8 nitrogen and oxygen atoms in total. The number of halogens is 2. The quantitative estimate of drug-likeness (QED) is 0.329. The van der Waals surface area contributed by atoms with Crippen molar-refractivity contribution in [2.24, 2.45) is 4.99 Å². The van der Waals surface area contributed by atoms with Crippen molar-refractivity contribution in [1.29, 1.82) is 0 Å². The summed E-state index contributed by atoms with van der Waals surface area (Å²) in [4.78, 5) is 17.8. The van der Waals surface area contributed by atoms with E-state index in [2.05, 4.69) is 40.1 Å². The molecule has 10 heteroatoms. The lowest BCUT2D eigenvalue weighted by Gasteiger charge is -2.34. The topological polar surface area (TPSA) is 77.9 Å². The zero-order chi connectivity index (χ0) is 22.6. The molecule has 2 N–H and O–H groups in total. The minimum absolute atomic E-state index is 0.155. The van der Waals surface area contributed by atoms with Crippen LogP contribution in [0.4, 0.5) is 14.7 Å². The Labute approximate surface area is 187 Å². The maximum atomic E-state index is 12.6. The van der Waals surface area contributed by atoms with Gasteiger partial charge in [0.15, 0.2) is 5.96 Å². The lowest BCUT2D eigenvalue weighted by Crippen LogP contribution is -2.47. The molecule has 1 aromatic heterocycles. The molecule has 1 fully saturated rings. The lowest BCUT2D eigenvalue weighted by atomic mass is 10.2. The molecule has 174 valence electrons. The Balaban J connectivity index is 1.41. The van der Waals surface area contributed by atoms with E-state index >= 15 is 0 Å². The van der Waals surface area contributed by atoms with Crippen molar-refractivity contribution in [3.8, 4) is 5.75 Å². The Morgan fingerprint density at radius 3 is 2.56 bits per heavy atom. The summed E-state index contributed by atoms with van der Waals surface area (Å²) in [7, 11) is 0. The Morgan fingerprint density at radius 1 is 1.09 bits per heavy atom. The number of ether oxygens (including phenoxy) is 1. The summed E-state index contributed by atoms with van der Waals surface area (Å²) in [5.74, 6) is 1.60. The second-order valence-corrected chi connectivity index (χ2v) is 7.34. The van der Waals surface area contributed by atoms with Crippen molar-refractivity contribution in [1.82, 2.24) is 25.5 Å². The van der Waals surface area contributed by atoms with Gasteiger partial charge in [0.1, 0.15) is 5.75 Å². The molecule has 1 saturated heterocycles. The van der Waals surface area contributed by atoms with Crippen LogP contribution in [0.1, 0.15) is 18.9 Å². The third kappa shape index (κ3) is 7.60. The molecule has 0 amide bonds. The molecule has 2 aromatic rings. The van der Waals surface area contributed by atoms with E-state index in [1.807, 2.05) is 13.0 Å². The average molecular weight is 448 g/mol. The number of nitrogens with zero attached hydrogens (tertiary/aromatic N) is 5. The van der Waals surface area contributed by atoms with Crippen molar-refractivity contribution in [3.05, 3.63) is 48.3 Å². The van der Waals surface area contributed by atoms with Gasteiger partial charge in [-0.2, -0.15) is 8.78 Å². The Bertz CT molecular complexity index is 830. The Kier molecular flexibility index (Phi) is 9.42. The number of guanidine groups is 1. The summed E-state index contributed by atoms with van der Waals surface area (Å²) in [5, 5.41) is 6.51. The summed E-state index contributed by atoms with van der Waals surface area (Å²) >= 11 is 0. The number of alkyl halides is 2. The molecule has 0 aliphatic carbocycles. The smallest absolute Gasteiger partial charge is 0.387 e. The summed E-state index contributed by atoms with van der Waals surface area (Å²) in [6, 6.07) is 8.55. The predicted molar refractivity (Wildman–Crippen MR) is 121 cm³/mol. The number of piperazine rings is 1. The summed E-state index contributed by atoms with van der Waals surface area (Å²) in [5.41, 5.74) is 0.616. The number of aliphatic imine (C=N–C) groups is 1. The molecular weight excluding hydrogens is 416 g/mol. The van der Waals surface area contributed by atoms with E-state index in [4.69, 9.17) is 0 Å². The first-order chi connectivity index (χ1) is 15.7. The minimum atomic E-state index is -2.85. The fraction of sp³-hybridized carbons (Fsp3) is 0.500. The number of hydrogen-bond donors (Lipinski definition) is 2. The lowest BCUT2D eigenvalue weighted by molar-refractivity contribution is -0.0504. The van der Waals surface area contributed by atoms with Crippen LogP contribution in [0, 0.1) is 0 Å². The third-order valence-corrected chi connectivity index (χ3v) is 5.09. The second-order valence-electron chi connectivity index (χ2n) is 7.34. The number of nitrogens with one attached hydrogen (secondary N) is 2. The van der Waals surface area contributed by atoms with Crippen LogP contribution in [-0.2, 0) is 6.54 Å². The first-order valence-electron chi connectivity index (χ1n) is 10.9. The highest BCUT2D eigenvalue weighted by atomic mass is 19.3. The van der Waals surface area contributed by atoms with E-state index in [0.29, 0.717) is 18.1 Å². The van der Waals surface area contributed by atoms with Gasteiger partial charge in [-0.3, -0.25) is 4.90 Å². The van der Waals surface area contributed by atoms with Gasteiger partial charge in [-0.25, -0.2) is 15.0 Å². The number of hydrogen-bond acceptors (Lipinski definition) is 6. The van der Waals surface area contributed by atoms with Crippen LogP contribution in [0.3, 0.4) is 0 Å². The van der Waals surface area contributed by atoms with Gasteiger partial charge in [0, 0.05) is 57.2 Å². The second kappa shape index (κ2) is 12.7. The van der Waals surface area contributed by atoms with Crippen LogP contribution in [0.15, 0.2) is 47.7 Å². The highest BCUT2D eigenvalue weighted by Crippen LogP contribution is 2.20. The molecule has 0 atom stereocenters. The molecule has 1 aromatic carbocycles. The van der Waals surface area contributed by atoms with E-state index in [9.17, 15) is 8.78 Å². The maximum absolute atomic E-state index is 12.6. The molecule has 0 radical (unpaired) electrons. The van der Waals surface area contributed by atoms with Gasteiger partial charge in [0.2, 0.25) is 5.95 Å². The summed E-state index contributed by atoms with van der Waals surface area (Å²) < 4.78 is 29.8. The van der Waals surface area contributed by atoms with E-state index < -0.39 is 6.61 Å². The van der Waals surface area contributed by atoms with Gasteiger partial charge in [0.25, 0.3) is 0 Å². The molecule has 0 unspecified atom stereocenters. The number of aromatic nitrogens is 2. The van der Waals surface area contributed by atoms with Crippen molar-refractivity contribution < 1.29 is 13.5 Å². The van der Waals surface area contributed by atoms with Gasteiger partial charge >= 0.3 is 6.61 Å². The number of para-hydroxylation sites is 1. The van der Waals surface area contributed by atoms with E-state index in [1.54, 1.807) is 30.6 Å². The van der Waals surface area contributed by atoms with Crippen molar-refractivity contribution in [3.63, 3.8) is 0 Å². The third-order valence-electron chi connectivity index (χ3n) is 5.09. The molecule has 0 saturated carbocycles. The van der Waals surface area contributed by atoms with Crippen molar-refractivity contribution in [2.75, 3.05) is 50.7 Å². The number of rotatable bonds is 10. The van der Waals surface area contributed by atoms with Crippen LogP contribution >= 0.6 is 0 Å². The zero-order valence-electron chi connectivity index (χ0n) is 18.4. The fourth-order valence-electron chi connectivity index (χ4n) is 3.49. The standard InChI is InChI=1S/C22H31F2N7O/c1-2-25-21(29-17-18-7-3-4-8-19(18)32-20(23)24)26-11-6-12-30-13-15-31(16-14-30)22-27-9-5-10-28-22/h3-5,7-10,20H,2,6,11-17H2,1H3,(H2,25,26,29). The van der Waals surface area contributed by atoms with Crippen molar-refractivity contribution in [2.45, 2.75) is 26.5 Å². The van der Waals surface area contributed by atoms with Crippen LogP contribution in [-0.4, -0.2) is 73.3 Å². The van der Waals surface area contributed by atoms with E-state index in [0.717, 1.165) is 51.6 Å². The van der Waals surface area contributed by atoms with Crippen LogP contribution < -0.4 is 20.3 Å². The Morgan fingerprint density at radius 2 is 1.84 bits per heavy atom.